The molecule has 1 aliphatic rings. The van der Waals surface area contributed by atoms with Gasteiger partial charge in [0.15, 0.2) is 0 Å². The molecule has 1 amide bonds. The molecule has 2 N–H and O–H groups in total. The van der Waals surface area contributed by atoms with E-state index in [0.717, 1.165) is 19.5 Å². The van der Waals surface area contributed by atoms with E-state index in [4.69, 9.17) is 11.6 Å². The number of sulfonamides is 1. The minimum absolute atomic E-state index is 0.0917. The van der Waals surface area contributed by atoms with Crippen LogP contribution >= 0.6 is 11.6 Å². The minimum atomic E-state index is -3.74. The van der Waals surface area contributed by atoms with E-state index in [1.807, 2.05) is 0 Å². The van der Waals surface area contributed by atoms with Gasteiger partial charge in [0.2, 0.25) is 15.9 Å². The lowest BCUT2D eigenvalue weighted by Gasteiger charge is -2.24. The summed E-state index contributed by atoms with van der Waals surface area (Å²) in [5, 5.41) is 3.66. The summed E-state index contributed by atoms with van der Waals surface area (Å²) in [6.07, 6.45) is 0.863. The Hall–Kier alpha value is -1.15. The van der Waals surface area contributed by atoms with Gasteiger partial charge in [-0.3, -0.25) is 4.79 Å². The first-order valence-electron chi connectivity index (χ1n) is 7.17. The van der Waals surface area contributed by atoms with E-state index < -0.39 is 16.1 Å². The van der Waals surface area contributed by atoms with Crippen LogP contribution in [0.3, 0.4) is 0 Å². The van der Waals surface area contributed by atoms with Crippen molar-refractivity contribution >= 4 is 27.5 Å². The predicted molar refractivity (Wildman–Crippen MR) is 85.3 cm³/mol. The molecule has 122 valence electrons. The van der Waals surface area contributed by atoms with Gasteiger partial charge < -0.3 is 10.2 Å². The lowest BCUT2D eigenvalue weighted by Crippen LogP contribution is -2.47. The topological polar surface area (TPSA) is 78.5 Å². The van der Waals surface area contributed by atoms with Crippen molar-refractivity contribution in [2.75, 3.05) is 26.2 Å². The molecular weight excluding hydrogens is 326 g/mol. The first-order valence-corrected chi connectivity index (χ1v) is 9.04. The lowest BCUT2D eigenvalue weighted by molar-refractivity contribution is -0.132. The van der Waals surface area contributed by atoms with Gasteiger partial charge in [-0.2, -0.15) is 4.72 Å². The molecule has 8 heteroatoms. The second-order valence-corrected chi connectivity index (χ2v) is 7.38. The number of rotatable bonds is 4. The molecule has 1 saturated heterocycles. The van der Waals surface area contributed by atoms with E-state index in [1.54, 1.807) is 11.8 Å². The summed E-state index contributed by atoms with van der Waals surface area (Å²) in [5.41, 5.74) is 0. The smallest absolute Gasteiger partial charge is 0.241 e. The van der Waals surface area contributed by atoms with Gasteiger partial charge in [-0.05, 0) is 44.2 Å². The first-order chi connectivity index (χ1) is 10.4. The predicted octanol–water partition coefficient (Wildman–Crippen LogP) is 0.829. The third-order valence-corrected chi connectivity index (χ3v) is 5.29. The van der Waals surface area contributed by atoms with Crippen molar-refractivity contribution in [2.24, 2.45) is 0 Å². The van der Waals surface area contributed by atoms with Gasteiger partial charge in [0.05, 0.1) is 10.9 Å². The fraction of sp³-hybridized carbons (Fsp3) is 0.500. The Balaban J connectivity index is 2.04. The van der Waals surface area contributed by atoms with E-state index >= 15 is 0 Å². The largest absolute Gasteiger partial charge is 0.340 e. The summed E-state index contributed by atoms with van der Waals surface area (Å²) in [6, 6.07) is 5.03. The average molecular weight is 346 g/mol. The van der Waals surface area contributed by atoms with E-state index in [1.165, 1.54) is 24.3 Å². The van der Waals surface area contributed by atoms with Crippen LogP contribution in [-0.2, 0) is 14.8 Å². The molecule has 0 aliphatic carbocycles. The highest BCUT2D eigenvalue weighted by Crippen LogP contribution is 2.14. The standard InChI is InChI=1S/C14H20ClN3O3S/c1-11(14(19)18-9-2-7-16-8-10-18)17-22(20,21)13-5-3-12(15)4-6-13/h3-6,11,16-17H,2,7-10H2,1H3. The van der Waals surface area contributed by atoms with Crippen molar-refractivity contribution in [1.29, 1.82) is 0 Å². The van der Waals surface area contributed by atoms with E-state index in [-0.39, 0.29) is 10.8 Å². The molecule has 0 spiro atoms. The van der Waals surface area contributed by atoms with Crippen molar-refractivity contribution in [1.82, 2.24) is 14.9 Å². The van der Waals surface area contributed by atoms with Gasteiger partial charge in [-0.1, -0.05) is 11.6 Å². The molecule has 1 aliphatic heterocycles. The summed E-state index contributed by atoms with van der Waals surface area (Å²) in [5.74, 6) is -0.207. The van der Waals surface area contributed by atoms with Crippen LogP contribution in [0.25, 0.3) is 0 Å². The van der Waals surface area contributed by atoms with Crippen LogP contribution in [0, 0.1) is 0 Å². The molecule has 0 saturated carbocycles. The molecule has 22 heavy (non-hydrogen) atoms. The van der Waals surface area contributed by atoms with Crippen molar-refractivity contribution in [3.8, 4) is 0 Å². The number of carbonyl (C=O) groups excluding carboxylic acids is 1. The molecule has 1 aromatic carbocycles. The maximum atomic E-state index is 12.4. The Morgan fingerprint density at radius 3 is 2.64 bits per heavy atom. The number of nitrogens with one attached hydrogen (secondary N) is 2. The fourth-order valence-electron chi connectivity index (χ4n) is 2.30. The van der Waals surface area contributed by atoms with Crippen molar-refractivity contribution < 1.29 is 13.2 Å². The molecular formula is C14H20ClN3O3S. The van der Waals surface area contributed by atoms with Crippen molar-refractivity contribution in [2.45, 2.75) is 24.3 Å². The highest BCUT2D eigenvalue weighted by molar-refractivity contribution is 7.89. The minimum Gasteiger partial charge on any atom is -0.340 e. The quantitative estimate of drug-likeness (QED) is 0.847. The molecule has 1 heterocycles. The Morgan fingerprint density at radius 2 is 1.95 bits per heavy atom. The SMILES string of the molecule is CC(NS(=O)(=O)c1ccc(Cl)cc1)C(=O)N1CCCNCC1. The normalized spacial score (nSPS) is 17.8. The summed E-state index contributed by atoms with van der Waals surface area (Å²) < 4.78 is 27.0. The molecule has 0 aromatic heterocycles. The maximum Gasteiger partial charge on any atom is 0.241 e. The molecule has 1 unspecified atom stereocenters. The summed E-state index contributed by atoms with van der Waals surface area (Å²) in [7, 11) is -3.74. The molecule has 0 radical (unpaired) electrons. The number of carbonyl (C=O) groups is 1. The van der Waals surface area contributed by atoms with Crippen molar-refractivity contribution in [3.63, 3.8) is 0 Å². The molecule has 2 rings (SSSR count). The Morgan fingerprint density at radius 1 is 1.27 bits per heavy atom. The summed E-state index contributed by atoms with van der Waals surface area (Å²) in [4.78, 5) is 14.1. The van der Waals surface area contributed by atoms with Crippen LogP contribution < -0.4 is 10.0 Å². The highest BCUT2D eigenvalue weighted by Gasteiger charge is 2.26. The molecule has 6 nitrogen and oxygen atoms in total. The van der Waals surface area contributed by atoms with Gasteiger partial charge in [-0.15, -0.1) is 0 Å². The second-order valence-electron chi connectivity index (χ2n) is 5.23. The zero-order valence-electron chi connectivity index (χ0n) is 12.4. The van der Waals surface area contributed by atoms with Crippen LogP contribution in [-0.4, -0.2) is 51.4 Å². The third kappa shape index (κ3) is 4.42. The lowest BCUT2D eigenvalue weighted by atomic mass is 10.3. The third-order valence-electron chi connectivity index (χ3n) is 3.48. The average Bonchev–Trinajstić information content (AvgIpc) is 2.75. The van der Waals surface area contributed by atoms with E-state index in [2.05, 4.69) is 10.0 Å². The monoisotopic (exact) mass is 345 g/mol. The fourth-order valence-corrected chi connectivity index (χ4v) is 3.63. The van der Waals surface area contributed by atoms with Gasteiger partial charge in [-0.25, -0.2) is 8.42 Å². The van der Waals surface area contributed by atoms with E-state index in [0.29, 0.717) is 18.1 Å². The van der Waals surface area contributed by atoms with Crippen LogP contribution in [0.1, 0.15) is 13.3 Å². The Labute approximate surface area is 135 Å². The van der Waals surface area contributed by atoms with E-state index in [9.17, 15) is 13.2 Å². The number of hydrogen-bond acceptors (Lipinski definition) is 4. The summed E-state index contributed by atoms with van der Waals surface area (Å²) >= 11 is 5.75. The van der Waals surface area contributed by atoms with Gasteiger partial charge in [0.1, 0.15) is 0 Å². The van der Waals surface area contributed by atoms with Crippen LogP contribution in [0.15, 0.2) is 29.2 Å². The zero-order valence-corrected chi connectivity index (χ0v) is 14.0. The number of benzene rings is 1. The Bertz CT molecular complexity index is 611. The highest BCUT2D eigenvalue weighted by atomic mass is 35.5. The maximum absolute atomic E-state index is 12.4. The zero-order chi connectivity index (χ0) is 16.2. The number of halogens is 1. The Kier molecular flexibility index (Phi) is 5.80. The molecule has 1 fully saturated rings. The number of amides is 1. The molecule has 1 atom stereocenters. The number of nitrogens with zero attached hydrogens (tertiary/aromatic N) is 1. The van der Waals surface area contributed by atoms with Gasteiger partial charge in [0.25, 0.3) is 0 Å². The molecule has 0 bridgehead atoms. The molecule has 1 aromatic rings. The second kappa shape index (κ2) is 7.41. The van der Waals surface area contributed by atoms with Crippen LogP contribution in [0.4, 0.5) is 0 Å². The number of hydrogen-bond donors (Lipinski definition) is 2. The van der Waals surface area contributed by atoms with Gasteiger partial charge >= 0.3 is 0 Å². The summed E-state index contributed by atoms with van der Waals surface area (Å²) in [6.45, 7) is 4.38. The van der Waals surface area contributed by atoms with Gasteiger partial charge in [0, 0.05) is 24.7 Å². The first kappa shape index (κ1) is 17.2. The van der Waals surface area contributed by atoms with Crippen molar-refractivity contribution in [3.05, 3.63) is 29.3 Å². The van der Waals surface area contributed by atoms with Crippen LogP contribution in [0.2, 0.25) is 5.02 Å². The van der Waals surface area contributed by atoms with Crippen LogP contribution in [0.5, 0.6) is 0 Å².